The Kier molecular flexibility index (Phi) is 6.52. The van der Waals surface area contributed by atoms with Crippen molar-refractivity contribution >= 4 is 22.6 Å². The van der Waals surface area contributed by atoms with Crippen LogP contribution in [0.3, 0.4) is 0 Å². The molecule has 0 saturated heterocycles. The highest BCUT2D eigenvalue weighted by molar-refractivity contribution is 14.1. The molecule has 2 aliphatic carbocycles. The number of halogens is 1. The SMILES string of the molecule is COc1ccc(I)cc1CC[C@@H]1CCc2cc([C@H]3CC[C@](N)(CO)C3)ccc2C1. The van der Waals surface area contributed by atoms with Gasteiger partial charge < -0.3 is 15.6 Å². The third-order valence-corrected chi connectivity index (χ3v) is 7.73. The molecule has 0 amide bonds. The van der Waals surface area contributed by atoms with Gasteiger partial charge in [0, 0.05) is 9.11 Å². The van der Waals surface area contributed by atoms with Gasteiger partial charge in [0.25, 0.3) is 0 Å². The highest BCUT2D eigenvalue weighted by Crippen LogP contribution is 2.41. The van der Waals surface area contributed by atoms with Gasteiger partial charge in [-0.1, -0.05) is 18.2 Å². The van der Waals surface area contributed by atoms with Crippen molar-refractivity contribution in [2.45, 2.75) is 62.8 Å². The zero-order valence-corrected chi connectivity index (χ0v) is 19.5. The second-order valence-electron chi connectivity index (χ2n) is 9.09. The molecule has 0 spiro atoms. The smallest absolute Gasteiger partial charge is 0.122 e. The van der Waals surface area contributed by atoms with E-state index < -0.39 is 0 Å². The average Bonchev–Trinajstić information content (AvgIpc) is 3.14. The monoisotopic (exact) mass is 505 g/mol. The topological polar surface area (TPSA) is 55.5 Å². The minimum absolute atomic E-state index is 0.0986. The van der Waals surface area contributed by atoms with Gasteiger partial charge in [-0.3, -0.25) is 0 Å². The normalized spacial score (nSPS) is 26.3. The third-order valence-electron chi connectivity index (χ3n) is 7.06. The lowest BCUT2D eigenvalue weighted by Crippen LogP contribution is -2.40. The number of methoxy groups -OCH3 is 1. The first-order valence-corrected chi connectivity index (χ1v) is 11.9. The molecular formula is C25H32INO2. The summed E-state index contributed by atoms with van der Waals surface area (Å²) in [5.41, 5.74) is 11.7. The van der Waals surface area contributed by atoms with Crippen molar-refractivity contribution in [3.63, 3.8) is 0 Å². The van der Waals surface area contributed by atoms with Crippen LogP contribution in [0.4, 0.5) is 0 Å². The Bertz CT molecular complexity index is 868. The maximum Gasteiger partial charge on any atom is 0.122 e. The Hall–Kier alpha value is -1.11. The van der Waals surface area contributed by atoms with Crippen LogP contribution in [0.5, 0.6) is 5.75 Å². The Labute approximate surface area is 188 Å². The highest BCUT2D eigenvalue weighted by Gasteiger charge is 2.36. The predicted octanol–water partition coefficient (Wildman–Crippen LogP) is 4.99. The van der Waals surface area contributed by atoms with E-state index in [0.717, 1.165) is 37.4 Å². The first-order chi connectivity index (χ1) is 14.0. The van der Waals surface area contributed by atoms with E-state index in [1.54, 1.807) is 7.11 Å². The molecule has 4 rings (SSSR count). The van der Waals surface area contributed by atoms with Crippen molar-refractivity contribution in [2.75, 3.05) is 13.7 Å². The molecule has 0 radical (unpaired) electrons. The molecular weight excluding hydrogens is 473 g/mol. The number of ether oxygens (including phenoxy) is 1. The lowest BCUT2D eigenvalue weighted by atomic mass is 9.79. The molecule has 0 aromatic heterocycles. The van der Waals surface area contributed by atoms with Crippen molar-refractivity contribution in [2.24, 2.45) is 11.7 Å². The highest BCUT2D eigenvalue weighted by atomic mass is 127. The summed E-state index contributed by atoms with van der Waals surface area (Å²) in [7, 11) is 1.76. The molecule has 29 heavy (non-hydrogen) atoms. The standard InChI is InChI=1S/C25H32INO2/c1-29-24-9-8-23(26)14-21(24)5-3-17-2-4-19-13-20(7-6-18(19)12-17)22-10-11-25(27,15-22)16-28/h6-9,13-14,17,22,28H,2-5,10-12,15-16,27H2,1H3/t17-,22-,25+/m0/s1. The zero-order valence-electron chi connectivity index (χ0n) is 17.3. The zero-order chi connectivity index (χ0) is 20.4. The molecule has 0 aliphatic heterocycles. The molecule has 3 N–H and O–H groups in total. The van der Waals surface area contributed by atoms with Crippen LogP contribution in [0.2, 0.25) is 0 Å². The summed E-state index contributed by atoms with van der Waals surface area (Å²) >= 11 is 2.38. The van der Waals surface area contributed by atoms with Crippen LogP contribution >= 0.6 is 22.6 Å². The van der Waals surface area contributed by atoms with Gasteiger partial charge in [0.2, 0.25) is 0 Å². The van der Waals surface area contributed by atoms with Crippen molar-refractivity contribution in [1.82, 2.24) is 0 Å². The number of aryl methyl sites for hydroxylation is 2. The van der Waals surface area contributed by atoms with Crippen LogP contribution in [-0.2, 0) is 19.3 Å². The van der Waals surface area contributed by atoms with Gasteiger partial charge in [0.05, 0.1) is 13.7 Å². The summed E-state index contributed by atoms with van der Waals surface area (Å²) in [6, 6.07) is 13.6. The summed E-state index contributed by atoms with van der Waals surface area (Å²) in [4.78, 5) is 0. The van der Waals surface area contributed by atoms with E-state index in [4.69, 9.17) is 10.5 Å². The van der Waals surface area contributed by atoms with Gasteiger partial charge in [-0.15, -0.1) is 0 Å². The molecule has 2 aromatic rings. The number of nitrogens with two attached hydrogens (primary N) is 1. The molecule has 2 aliphatic rings. The largest absolute Gasteiger partial charge is 0.496 e. The Morgan fingerprint density at radius 1 is 1.17 bits per heavy atom. The molecule has 3 atom stereocenters. The first kappa shape index (κ1) is 21.1. The molecule has 156 valence electrons. The molecule has 1 fully saturated rings. The summed E-state index contributed by atoms with van der Waals surface area (Å²) < 4.78 is 6.83. The van der Waals surface area contributed by atoms with E-state index in [-0.39, 0.29) is 12.1 Å². The molecule has 4 heteroatoms. The molecule has 1 saturated carbocycles. The minimum atomic E-state index is -0.373. The molecule has 3 nitrogen and oxygen atoms in total. The van der Waals surface area contributed by atoms with Crippen LogP contribution < -0.4 is 10.5 Å². The van der Waals surface area contributed by atoms with Crippen LogP contribution in [0.1, 0.15) is 60.3 Å². The van der Waals surface area contributed by atoms with Crippen molar-refractivity contribution in [3.05, 3.63) is 62.2 Å². The number of rotatable bonds is 6. The van der Waals surface area contributed by atoms with E-state index in [2.05, 4.69) is 59.0 Å². The van der Waals surface area contributed by atoms with Gasteiger partial charge in [0.15, 0.2) is 0 Å². The summed E-state index contributed by atoms with van der Waals surface area (Å²) in [5.74, 6) is 2.26. The van der Waals surface area contributed by atoms with E-state index >= 15 is 0 Å². The van der Waals surface area contributed by atoms with Gasteiger partial charge in [0.1, 0.15) is 5.75 Å². The maximum atomic E-state index is 9.56. The van der Waals surface area contributed by atoms with Crippen molar-refractivity contribution < 1.29 is 9.84 Å². The van der Waals surface area contributed by atoms with Crippen molar-refractivity contribution in [1.29, 1.82) is 0 Å². The second kappa shape index (κ2) is 8.94. The fraction of sp³-hybridized carbons (Fsp3) is 0.520. The second-order valence-corrected chi connectivity index (χ2v) is 10.3. The quantitative estimate of drug-likeness (QED) is 0.544. The molecule has 0 heterocycles. The Balaban J connectivity index is 1.39. The van der Waals surface area contributed by atoms with E-state index in [9.17, 15) is 5.11 Å². The third kappa shape index (κ3) is 4.80. The predicted molar refractivity (Wildman–Crippen MR) is 127 cm³/mol. The van der Waals surface area contributed by atoms with Crippen LogP contribution in [0.15, 0.2) is 36.4 Å². The van der Waals surface area contributed by atoms with Crippen molar-refractivity contribution in [3.8, 4) is 5.75 Å². The number of aliphatic hydroxyl groups is 1. The number of hydrogen-bond acceptors (Lipinski definition) is 3. The van der Waals surface area contributed by atoms with E-state index in [0.29, 0.717) is 5.92 Å². The Morgan fingerprint density at radius 2 is 2.03 bits per heavy atom. The van der Waals surface area contributed by atoms with Gasteiger partial charge in [-0.2, -0.15) is 0 Å². The number of hydrogen-bond donors (Lipinski definition) is 2. The van der Waals surface area contributed by atoms with Gasteiger partial charge >= 0.3 is 0 Å². The summed E-state index contributed by atoms with van der Waals surface area (Å²) in [5, 5.41) is 9.56. The number of fused-ring (bicyclic) bond motifs is 1. The maximum absolute atomic E-state index is 9.56. The number of aliphatic hydroxyl groups excluding tert-OH is 1. The average molecular weight is 505 g/mol. The Morgan fingerprint density at radius 3 is 2.79 bits per heavy atom. The van der Waals surface area contributed by atoms with E-state index in [1.807, 2.05) is 0 Å². The van der Waals surface area contributed by atoms with Crippen LogP contribution in [-0.4, -0.2) is 24.4 Å². The lowest BCUT2D eigenvalue weighted by Gasteiger charge is -2.26. The fourth-order valence-electron chi connectivity index (χ4n) is 5.24. The van der Waals surface area contributed by atoms with Crippen LogP contribution in [0.25, 0.3) is 0 Å². The number of benzene rings is 2. The molecule has 0 unspecified atom stereocenters. The summed E-state index contributed by atoms with van der Waals surface area (Å²) in [6.45, 7) is 0.0986. The van der Waals surface area contributed by atoms with Crippen LogP contribution in [0, 0.1) is 9.49 Å². The summed E-state index contributed by atoms with van der Waals surface area (Å²) in [6.07, 6.45) is 8.85. The van der Waals surface area contributed by atoms with Gasteiger partial charge in [-0.05, 0) is 126 Å². The van der Waals surface area contributed by atoms with E-state index in [1.165, 1.54) is 51.5 Å². The molecule has 0 bridgehead atoms. The van der Waals surface area contributed by atoms with Gasteiger partial charge in [-0.25, -0.2) is 0 Å². The lowest BCUT2D eigenvalue weighted by molar-refractivity contribution is 0.198. The minimum Gasteiger partial charge on any atom is -0.496 e. The first-order valence-electron chi connectivity index (χ1n) is 10.8. The molecule has 2 aromatic carbocycles. The fourth-order valence-corrected chi connectivity index (χ4v) is 5.79.